The predicted molar refractivity (Wildman–Crippen MR) is 68.6 cm³/mol. The summed E-state index contributed by atoms with van der Waals surface area (Å²) < 4.78 is 26.9. The molecule has 1 aliphatic heterocycles. The third-order valence-corrected chi connectivity index (χ3v) is 4.01. The highest BCUT2D eigenvalue weighted by molar-refractivity contribution is 9.09. The van der Waals surface area contributed by atoms with Gasteiger partial charge in [0.25, 0.3) is 0 Å². The van der Waals surface area contributed by atoms with E-state index in [-0.39, 0.29) is 23.9 Å². The zero-order chi connectivity index (χ0) is 13.1. The second kappa shape index (κ2) is 5.78. The van der Waals surface area contributed by atoms with E-state index in [0.29, 0.717) is 11.9 Å². The molecule has 1 unspecified atom stereocenters. The lowest BCUT2D eigenvalue weighted by Crippen LogP contribution is -2.37. The Bertz CT molecular complexity index is 432. The van der Waals surface area contributed by atoms with Crippen LogP contribution in [-0.2, 0) is 11.2 Å². The van der Waals surface area contributed by atoms with Gasteiger partial charge >= 0.3 is 0 Å². The maximum Gasteiger partial charge on any atom is 0.227 e. The van der Waals surface area contributed by atoms with Gasteiger partial charge in [-0.05, 0) is 25.0 Å². The first-order valence-corrected chi connectivity index (χ1v) is 7.04. The highest BCUT2D eigenvalue weighted by Gasteiger charge is 2.28. The van der Waals surface area contributed by atoms with Crippen LogP contribution in [0.25, 0.3) is 0 Å². The molecule has 1 heterocycles. The molecular formula is C13H14BrF2NO. The second-order valence-corrected chi connectivity index (χ2v) is 5.06. The molecule has 0 spiro atoms. The van der Waals surface area contributed by atoms with Crippen LogP contribution in [0.4, 0.5) is 8.78 Å². The summed E-state index contributed by atoms with van der Waals surface area (Å²) in [5.74, 6) is -1.52. The van der Waals surface area contributed by atoms with E-state index >= 15 is 0 Å². The number of rotatable bonds is 3. The van der Waals surface area contributed by atoms with Crippen LogP contribution in [-0.4, -0.2) is 28.7 Å². The number of alkyl halides is 1. The van der Waals surface area contributed by atoms with Crippen LogP contribution >= 0.6 is 15.9 Å². The third-order valence-electron chi connectivity index (χ3n) is 3.27. The summed E-state index contributed by atoms with van der Waals surface area (Å²) >= 11 is 3.36. The number of carbonyl (C=O) groups is 1. The normalized spacial score (nSPS) is 19.3. The van der Waals surface area contributed by atoms with Gasteiger partial charge in [0.05, 0.1) is 6.42 Å². The molecule has 1 saturated heterocycles. The van der Waals surface area contributed by atoms with Crippen LogP contribution in [0.1, 0.15) is 18.4 Å². The van der Waals surface area contributed by atoms with Gasteiger partial charge in [-0.2, -0.15) is 0 Å². The Morgan fingerprint density at radius 2 is 2.06 bits per heavy atom. The standard InChI is InChI=1S/C13H14BrF2NO/c14-8-9-3-2-6-17(9)13(18)7-10-11(15)4-1-5-12(10)16/h1,4-5,9H,2-3,6-8H2. The maximum atomic E-state index is 13.5. The average Bonchev–Trinajstić information content (AvgIpc) is 2.82. The number of benzene rings is 1. The molecule has 0 saturated carbocycles. The molecular weight excluding hydrogens is 304 g/mol. The minimum Gasteiger partial charge on any atom is -0.339 e. The first-order valence-electron chi connectivity index (χ1n) is 5.92. The summed E-state index contributed by atoms with van der Waals surface area (Å²) in [5, 5.41) is 0.707. The molecule has 0 aromatic heterocycles. The number of hydrogen-bond acceptors (Lipinski definition) is 1. The minimum atomic E-state index is -0.655. The molecule has 0 aliphatic carbocycles. The predicted octanol–water partition coefficient (Wildman–Crippen LogP) is 2.89. The van der Waals surface area contributed by atoms with Crippen LogP contribution in [0.3, 0.4) is 0 Å². The van der Waals surface area contributed by atoms with Gasteiger partial charge in [-0.25, -0.2) is 8.78 Å². The number of carbonyl (C=O) groups excluding carboxylic acids is 1. The van der Waals surface area contributed by atoms with Crippen LogP contribution < -0.4 is 0 Å². The fourth-order valence-corrected chi connectivity index (χ4v) is 2.95. The molecule has 2 rings (SSSR count). The van der Waals surface area contributed by atoms with Crippen molar-refractivity contribution in [3.8, 4) is 0 Å². The molecule has 5 heteroatoms. The fraction of sp³-hybridized carbons (Fsp3) is 0.462. The van der Waals surface area contributed by atoms with Crippen molar-refractivity contribution in [2.75, 3.05) is 11.9 Å². The van der Waals surface area contributed by atoms with Crippen molar-refractivity contribution in [1.82, 2.24) is 4.90 Å². The quantitative estimate of drug-likeness (QED) is 0.785. The molecule has 1 fully saturated rings. The number of halogens is 3. The Morgan fingerprint density at radius 3 is 2.67 bits per heavy atom. The van der Waals surface area contributed by atoms with Gasteiger partial charge in [-0.3, -0.25) is 4.79 Å². The number of likely N-dealkylation sites (tertiary alicyclic amines) is 1. The van der Waals surface area contributed by atoms with E-state index in [2.05, 4.69) is 15.9 Å². The van der Waals surface area contributed by atoms with E-state index < -0.39 is 11.6 Å². The van der Waals surface area contributed by atoms with Crippen molar-refractivity contribution in [3.05, 3.63) is 35.4 Å². The van der Waals surface area contributed by atoms with Gasteiger partial charge in [0.15, 0.2) is 0 Å². The zero-order valence-corrected chi connectivity index (χ0v) is 11.4. The summed E-state index contributed by atoms with van der Waals surface area (Å²) in [4.78, 5) is 13.8. The molecule has 1 atom stereocenters. The van der Waals surface area contributed by atoms with Gasteiger partial charge in [0.1, 0.15) is 11.6 Å². The largest absolute Gasteiger partial charge is 0.339 e. The third kappa shape index (κ3) is 2.71. The molecule has 98 valence electrons. The van der Waals surface area contributed by atoms with Gasteiger partial charge in [-0.1, -0.05) is 22.0 Å². The van der Waals surface area contributed by atoms with Crippen molar-refractivity contribution >= 4 is 21.8 Å². The van der Waals surface area contributed by atoms with E-state index in [4.69, 9.17) is 0 Å². The first-order chi connectivity index (χ1) is 8.63. The monoisotopic (exact) mass is 317 g/mol. The minimum absolute atomic E-state index is 0.136. The molecule has 0 bridgehead atoms. The van der Waals surface area contributed by atoms with Crippen LogP contribution in [0.5, 0.6) is 0 Å². The number of hydrogen-bond donors (Lipinski definition) is 0. The van der Waals surface area contributed by atoms with E-state index in [1.54, 1.807) is 4.90 Å². The highest BCUT2D eigenvalue weighted by atomic mass is 79.9. The molecule has 1 aromatic carbocycles. The Labute approximate surface area is 113 Å². The lowest BCUT2D eigenvalue weighted by atomic mass is 10.1. The summed E-state index contributed by atoms with van der Waals surface area (Å²) in [6.07, 6.45) is 1.68. The van der Waals surface area contributed by atoms with Gasteiger partial charge in [-0.15, -0.1) is 0 Å². The molecule has 0 radical (unpaired) electrons. The fourth-order valence-electron chi connectivity index (χ4n) is 2.28. The van der Waals surface area contributed by atoms with E-state index in [0.717, 1.165) is 12.8 Å². The topological polar surface area (TPSA) is 20.3 Å². The molecule has 1 amide bonds. The van der Waals surface area contributed by atoms with Crippen molar-refractivity contribution in [2.24, 2.45) is 0 Å². The van der Waals surface area contributed by atoms with Crippen LogP contribution in [0.15, 0.2) is 18.2 Å². The molecule has 1 aromatic rings. The lowest BCUT2D eigenvalue weighted by Gasteiger charge is -2.23. The number of amides is 1. The Hall–Kier alpha value is -0.970. The summed E-state index contributed by atoms with van der Waals surface area (Å²) in [6.45, 7) is 0.672. The molecule has 0 N–H and O–H groups in total. The van der Waals surface area contributed by atoms with Crippen molar-refractivity contribution in [3.63, 3.8) is 0 Å². The van der Waals surface area contributed by atoms with E-state index in [1.165, 1.54) is 18.2 Å². The van der Waals surface area contributed by atoms with Crippen molar-refractivity contribution < 1.29 is 13.6 Å². The van der Waals surface area contributed by atoms with Crippen molar-refractivity contribution in [2.45, 2.75) is 25.3 Å². The van der Waals surface area contributed by atoms with Crippen LogP contribution in [0, 0.1) is 11.6 Å². The molecule has 1 aliphatic rings. The second-order valence-electron chi connectivity index (χ2n) is 4.41. The van der Waals surface area contributed by atoms with Crippen LogP contribution in [0.2, 0.25) is 0 Å². The lowest BCUT2D eigenvalue weighted by molar-refractivity contribution is -0.130. The summed E-state index contributed by atoms with van der Waals surface area (Å²) in [6, 6.07) is 3.80. The smallest absolute Gasteiger partial charge is 0.227 e. The first kappa shape index (κ1) is 13.5. The maximum absolute atomic E-state index is 13.5. The zero-order valence-electron chi connectivity index (χ0n) is 9.83. The van der Waals surface area contributed by atoms with E-state index in [1.807, 2.05) is 0 Å². The SMILES string of the molecule is O=C(Cc1c(F)cccc1F)N1CCCC1CBr. The molecule has 18 heavy (non-hydrogen) atoms. The summed E-state index contributed by atoms with van der Waals surface area (Å²) in [5.41, 5.74) is -0.136. The average molecular weight is 318 g/mol. The molecule has 2 nitrogen and oxygen atoms in total. The number of nitrogens with zero attached hydrogens (tertiary/aromatic N) is 1. The Balaban J connectivity index is 2.12. The van der Waals surface area contributed by atoms with Crippen molar-refractivity contribution in [1.29, 1.82) is 0 Å². The highest BCUT2D eigenvalue weighted by Crippen LogP contribution is 2.21. The summed E-state index contributed by atoms with van der Waals surface area (Å²) in [7, 11) is 0. The Morgan fingerprint density at radius 1 is 1.39 bits per heavy atom. The van der Waals surface area contributed by atoms with Gasteiger partial charge < -0.3 is 4.90 Å². The van der Waals surface area contributed by atoms with E-state index in [9.17, 15) is 13.6 Å². The van der Waals surface area contributed by atoms with Gasteiger partial charge in [0.2, 0.25) is 5.91 Å². The Kier molecular flexibility index (Phi) is 4.32. The van der Waals surface area contributed by atoms with Gasteiger partial charge in [0, 0.05) is 23.5 Å².